The van der Waals surface area contributed by atoms with Gasteiger partial charge in [-0.1, -0.05) is 45.0 Å². The fourth-order valence-corrected chi connectivity index (χ4v) is 1.47. The van der Waals surface area contributed by atoms with Gasteiger partial charge in [0.15, 0.2) is 0 Å². The number of carbonyl (C=O) groups excluding carboxylic acids is 1. The van der Waals surface area contributed by atoms with E-state index in [1.165, 1.54) is 24.3 Å². The van der Waals surface area contributed by atoms with Gasteiger partial charge < -0.3 is 4.74 Å². The molecular formula is C15H20O2. The standard InChI is InChI=1S/C15H20O2/c1-12(16)17-11-5-6-13-7-9-14(10-8-13)15(2,3)4/h5,7-11H,6H2,1-4H3. The zero-order chi connectivity index (χ0) is 12.9. The molecule has 0 unspecified atom stereocenters. The van der Waals surface area contributed by atoms with Crippen LogP contribution >= 0.6 is 0 Å². The minimum atomic E-state index is -0.288. The summed E-state index contributed by atoms with van der Waals surface area (Å²) >= 11 is 0. The average molecular weight is 232 g/mol. The van der Waals surface area contributed by atoms with Gasteiger partial charge >= 0.3 is 5.97 Å². The third-order valence-corrected chi connectivity index (χ3v) is 2.50. The van der Waals surface area contributed by atoms with Gasteiger partial charge in [-0.15, -0.1) is 0 Å². The maximum atomic E-state index is 10.5. The first-order valence-electron chi connectivity index (χ1n) is 5.81. The van der Waals surface area contributed by atoms with Crippen molar-refractivity contribution in [3.8, 4) is 0 Å². The summed E-state index contributed by atoms with van der Waals surface area (Å²) in [6.07, 6.45) is 4.06. The molecule has 1 aromatic rings. The van der Waals surface area contributed by atoms with Crippen molar-refractivity contribution in [3.05, 3.63) is 47.7 Å². The monoisotopic (exact) mass is 232 g/mol. The number of carbonyl (C=O) groups is 1. The molecule has 0 radical (unpaired) electrons. The van der Waals surface area contributed by atoms with E-state index in [1.807, 2.05) is 6.08 Å². The molecular weight excluding hydrogens is 212 g/mol. The molecule has 0 bridgehead atoms. The van der Waals surface area contributed by atoms with Crippen LogP contribution in [0.25, 0.3) is 0 Å². The minimum absolute atomic E-state index is 0.187. The SMILES string of the molecule is CC(=O)OC=CCc1ccc(C(C)(C)C)cc1. The Hall–Kier alpha value is -1.57. The molecule has 17 heavy (non-hydrogen) atoms. The minimum Gasteiger partial charge on any atom is -0.435 e. The van der Waals surface area contributed by atoms with Crippen LogP contribution in [0, 0.1) is 0 Å². The molecule has 92 valence electrons. The van der Waals surface area contributed by atoms with E-state index >= 15 is 0 Å². The van der Waals surface area contributed by atoms with Gasteiger partial charge in [0.05, 0.1) is 6.26 Å². The Morgan fingerprint density at radius 2 is 1.82 bits per heavy atom. The van der Waals surface area contributed by atoms with Gasteiger partial charge in [0.25, 0.3) is 0 Å². The smallest absolute Gasteiger partial charge is 0.307 e. The van der Waals surface area contributed by atoms with Crippen molar-refractivity contribution in [3.63, 3.8) is 0 Å². The van der Waals surface area contributed by atoms with Gasteiger partial charge in [-0.25, -0.2) is 0 Å². The van der Waals surface area contributed by atoms with Crippen molar-refractivity contribution in [2.75, 3.05) is 0 Å². The summed E-state index contributed by atoms with van der Waals surface area (Å²) in [6, 6.07) is 8.52. The van der Waals surface area contributed by atoms with E-state index in [1.54, 1.807) is 0 Å². The maximum absolute atomic E-state index is 10.5. The number of benzene rings is 1. The second kappa shape index (κ2) is 5.67. The Labute approximate surface area is 103 Å². The molecule has 0 N–H and O–H groups in total. The Kier molecular flexibility index (Phi) is 4.50. The van der Waals surface area contributed by atoms with Gasteiger partial charge in [0.1, 0.15) is 0 Å². The van der Waals surface area contributed by atoms with Crippen LogP contribution in [0.1, 0.15) is 38.8 Å². The fourth-order valence-electron chi connectivity index (χ4n) is 1.47. The van der Waals surface area contributed by atoms with Crippen LogP contribution in [-0.4, -0.2) is 5.97 Å². The van der Waals surface area contributed by atoms with E-state index in [2.05, 4.69) is 45.0 Å². The fraction of sp³-hybridized carbons (Fsp3) is 0.400. The summed E-state index contributed by atoms with van der Waals surface area (Å²) in [5.41, 5.74) is 2.72. The predicted molar refractivity (Wildman–Crippen MR) is 69.8 cm³/mol. The first kappa shape index (κ1) is 13.5. The first-order valence-corrected chi connectivity index (χ1v) is 5.81. The quantitative estimate of drug-likeness (QED) is 0.588. The zero-order valence-electron chi connectivity index (χ0n) is 11.0. The molecule has 1 aromatic carbocycles. The van der Waals surface area contributed by atoms with E-state index in [9.17, 15) is 4.79 Å². The number of hydrogen-bond acceptors (Lipinski definition) is 2. The second-order valence-electron chi connectivity index (χ2n) is 5.13. The van der Waals surface area contributed by atoms with Crippen LogP contribution in [0.2, 0.25) is 0 Å². The largest absolute Gasteiger partial charge is 0.435 e. The number of hydrogen-bond donors (Lipinski definition) is 0. The molecule has 0 aliphatic carbocycles. The van der Waals surface area contributed by atoms with Gasteiger partial charge in [0.2, 0.25) is 0 Å². The summed E-state index contributed by atoms with van der Waals surface area (Å²) in [7, 11) is 0. The Balaban J connectivity index is 2.57. The molecule has 0 saturated carbocycles. The average Bonchev–Trinajstić information content (AvgIpc) is 2.23. The topological polar surface area (TPSA) is 26.3 Å². The van der Waals surface area contributed by atoms with E-state index in [0.29, 0.717) is 0 Å². The molecule has 0 aliphatic rings. The van der Waals surface area contributed by atoms with Crippen LogP contribution in [0.3, 0.4) is 0 Å². The molecule has 2 nitrogen and oxygen atoms in total. The van der Waals surface area contributed by atoms with Crippen LogP contribution in [0.15, 0.2) is 36.6 Å². The van der Waals surface area contributed by atoms with Gasteiger partial charge in [-0.05, 0) is 29.0 Å². The highest BCUT2D eigenvalue weighted by atomic mass is 16.5. The summed E-state index contributed by atoms with van der Waals surface area (Å²) < 4.78 is 4.72. The van der Waals surface area contributed by atoms with Crippen molar-refractivity contribution in [1.82, 2.24) is 0 Å². The zero-order valence-corrected chi connectivity index (χ0v) is 11.0. The molecule has 1 rings (SSSR count). The number of rotatable bonds is 3. The van der Waals surface area contributed by atoms with Gasteiger partial charge in [-0.3, -0.25) is 4.79 Å². The lowest BCUT2D eigenvalue weighted by molar-refractivity contribution is -0.135. The van der Waals surface area contributed by atoms with Crippen molar-refractivity contribution in [1.29, 1.82) is 0 Å². The lowest BCUT2D eigenvalue weighted by Gasteiger charge is -2.18. The summed E-state index contributed by atoms with van der Waals surface area (Å²) in [4.78, 5) is 10.5. The third kappa shape index (κ3) is 4.85. The van der Waals surface area contributed by atoms with Gasteiger partial charge in [0, 0.05) is 6.92 Å². The Morgan fingerprint density at radius 1 is 1.24 bits per heavy atom. The first-order chi connectivity index (χ1) is 7.89. The molecule has 2 heteroatoms. The lowest BCUT2D eigenvalue weighted by Crippen LogP contribution is -2.10. The molecule has 0 amide bonds. The molecule has 0 aliphatic heterocycles. The molecule has 0 atom stereocenters. The van der Waals surface area contributed by atoms with Crippen molar-refractivity contribution in [2.45, 2.75) is 39.5 Å². The van der Waals surface area contributed by atoms with Crippen LogP contribution in [-0.2, 0) is 21.4 Å². The van der Waals surface area contributed by atoms with Crippen LogP contribution in [0.4, 0.5) is 0 Å². The van der Waals surface area contributed by atoms with Crippen molar-refractivity contribution >= 4 is 5.97 Å². The highest BCUT2D eigenvalue weighted by Crippen LogP contribution is 2.22. The Morgan fingerprint density at radius 3 is 2.29 bits per heavy atom. The highest BCUT2D eigenvalue weighted by molar-refractivity contribution is 5.66. The van der Waals surface area contributed by atoms with Crippen LogP contribution < -0.4 is 0 Å². The third-order valence-electron chi connectivity index (χ3n) is 2.50. The normalized spacial score (nSPS) is 11.8. The summed E-state index contributed by atoms with van der Waals surface area (Å²) in [5, 5.41) is 0. The van der Waals surface area contributed by atoms with E-state index in [0.717, 1.165) is 6.42 Å². The molecule has 0 saturated heterocycles. The predicted octanol–water partition coefficient (Wildman–Crippen LogP) is 3.60. The number of ether oxygens (including phenoxy) is 1. The van der Waals surface area contributed by atoms with Crippen molar-refractivity contribution < 1.29 is 9.53 Å². The van der Waals surface area contributed by atoms with Crippen molar-refractivity contribution in [2.24, 2.45) is 0 Å². The number of esters is 1. The summed E-state index contributed by atoms with van der Waals surface area (Å²) in [6.45, 7) is 7.98. The lowest BCUT2D eigenvalue weighted by atomic mass is 9.86. The van der Waals surface area contributed by atoms with Crippen LogP contribution in [0.5, 0.6) is 0 Å². The maximum Gasteiger partial charge on any atom is 0.307 e. The van der Waals surface area contributed by atoms with E-state index in [4.69, 9.17) is 4.74 Å². The Bertz CT molecular complexity index is 394. The molecule has 0 fully saturated rings. The molecule has 0 aromatic heterocycles. The number of allylic oxidation sites excluding steroid dienone is 1. The van der Waals surface area contributed by atoms with Gasteiger partial charge in [-0.2, -0.15) is 0 Å². The summed E-state index contributed by atoms with van der Waals surface area (Å²) in [5.74, 6) is -0.288. The molecule has 0 heterocycles. The second-order valence-corrected chi connectivity index (χ2v) is 5.13. The van der Waals surface area contributed by atoms with E-state index in [-0.39, 0.29) is 11.4 Å². The van der Waals surface area contributed by atoms with E-state index < -0.39 is 0 Å². The molecule has 0 spiro atoms. The highest BCUT2D eigenvalue weighted by Gasteiger charge is 2.12.